The van der Waals surface area contributed by atoms with E-state index in [-0.39, 0.29) is 11.5 Å². The fourth-order valence-electron chi connectivity index (χ4n) is 2.97. The maximum Gasteiger partial charge on any atom is 0.339 e. The molecule has 0 saturated heterocycles. The largest absolute Gasteiger partial charge is 0.504 e. The number of esters is 1. The molecule has 3 aromatic carbocycles. The van der Waals surface area contributed by atoms with Crippen LogP contribution in [-0.4, -0.2) is 11.1 Å². The smallest absolute Gasteiger partial charge is 0.339 e. The molecule has 0 atom stereocenters. The molecule has 1 heterocycles. The van der Waals surface area contributed by atoms with Gasteiger partial charge in [0.1, 0.15) is 0 Å². The van der Waals surface area contributed by atoms with Crippen LogP contribution in [0.1, 0.15) is 11.1 Å². The van der Waals surface area contributed by atoms with Crippen LogP contribution in [0.15, 0.2) is 60.2 Å². The lowest BCUT2D eigenvalue weighted by molar-refractivity contribution is -0.130. The van der Waals surface area contributed by atoms with Gasteiger partial charge in [0.25, 0.3) is 0 Å². The number of hydrogen-bond acceptors (Lipinski definition) is 3. The van der Waals surface area contributed by atoms with Gasteiger partial charge in [0.2, 0.25) is 0 Å². The monoisotopic (exact) mass is 336 g/mol. The van der Waals surface area contributed by atoms with Crippen LogP contribution >= 0.6 is 11.6 Å². The zero-order valence-corrected chi connectivity index (χ0v) is 13.4. The van der Waals surface area contributed by atoms with E-state index in [1.54, 1.807) is 24.3 Å². The number of ether oxygens (including phenoxy) is 1. The maximum absolute atomic E-state index is 12.3. The number of hydrogen-bond donors (Lipinski definition) is 1. The first-order valence-corrected chi connectivity index (χ1v) is 7.91. The summed E-state index contributed by atoms with van der Waals surface area (Å²) in [5.41, 5.74) is 2.24. The molecule has 118 valence electrons. The number of phenols is 1. The molecular formula is C20H13ClO3. The van der Waals surface area contributed by atoms with Crippen molar-refractivity contribution < 1.29 is 14.6 Å². The van der Waals surface area contributed by atoms with Gasteiger partial charge in [-0.05, 0) is 40.6 Å². The number of rotatable bonds is 1. The van der Waals surface area contributed by atoms with Crippen LogP contribution in [0, 0.1) is 0 Å². The second-order valence-electron chi connectivity index (χ2n) is 5.71. The molecule has 3 aromatic rings. The second-order valence-corrected chi connectivity index (χ2v) is 6.15. The number of benzene rings is 3. The van der Waals surface area contributed by atoms with Gasteiger partial charge in [-0.25, -0.2) is 4.79 Å². The average molecular weight is 337 g/mol. The first-order chi connectivity index (χ1) is 11.6. The fraction of sp³-hybridized carbons (Fsp3) is 0.0500. The molecule has 1 aliphatic rings. The lowest BCUT2D eigenvalue weighted by Crippen LogP contribution is -2.19. The molecule has 0 aliphatic carbocycles. The van der Waals surface area contributed by atoms with E-state index in [9.17, 15) is 9.90 Å². The molecule has 0 saturated carbocycles. The van der Waals surface area contributed by atoms with Crippen molar-refractivity contribution >= 4 is 34.4 Å². The summed E-state index contributed by atoms with van der Waals surface area (Å²) in [7, 11) is 0. The Morgan fingerprint density at radius 2 is 1.83 bits per heavy atom. The van der Waals surface area contributed by atoms with Crippen LogP contribution in [-0.2, 0) is 11.2 Å². The molecule has 0 unspecified atom stereocenters. The second kappa shape index (κ2) is 5.69. The molecule has 0 fully saturated rings. The lowest BCUT2D eigenvalue weighted by atomic mass is 9.94. The first-order valence-electron chi connectivity index (χ1n) is 7.54. The van der Waals surface area contributed by atoms with Crippen LogP contribution in [0.2, 0.25) is 5.02 Å². The fourth-order valence-corrected chi connectivity index (χ4v) is 3.09. The summed E-state index contributed by atoms with van der Waals surface area (Å²) in [4.78, 5) is 12.3. The number of carbonyl (C=O) groups excluding carboxylic acids is 1. The van der Waals surface area contributed by atoms with Crippen LogP contribution in [0.25, 0.3) is 16.8 Å². The van der Waals surface area contributed by atoms with E-state index in [1.807, 2.05) is 36.4 Å². The van der Waals surface area contributed by atoms with Gasteiger partial charge in [0.15, 0.2) is 11.5 Å². The first kappa shape index (κ1) is 14.8. The van der Waals surface area contributed by atoms with Crippen LogP contribution in [0.3, 0.4) is 0 Å². The molecule has 1 aliphatic heterocycles. The summed E-state index contributed by atoms with van der Waals surface area (Å²) < 4.78 is 5.40. The Kier molecular flexibility index (Phi) is 3.51. The van der Waals surface area contributed by atoms with Gasteiger partial charge < -0.3 is 9.84 Å². The Bertz CT molecular complexity index is 988. The molecule has 0 amide bonds. The van der Waals surface area contributed by atoms with Gasteiger partial charge >= 0.3 is 5.97 Å². The lowest BCUT2D eigenvalue weighted by Gasteiger charge is -2.21. The normalized spacial score (nSPS) is 15.4. The number of aromatic hydroxyl groups is 1. The highest BCUT2D eigenvalue weighted by molar-refractivity contribution is 6.30. The Balaban J connectivity index is 1.84. The molecular weight excluding hydrogens is 324 g/mol. The Morgan fingerprint density at radius 3 is 2.62 bits per heavy atom. The zero-order valence-electron chi connectivity index (χ0n) is 12.6. The van der Waals surface area contributed by atoms with Gasteiger partial charge in [-0.1, -0.05) is 48.0 Å². The molecule has 4 heteroatoms. The zero-order chi connectivity index (χ0) is 16.7. The van der Waals surface area contributed by atoms with Crippen molar-refractivity contribution in [1.29, 1.82) is 0 Å². The van der Waals surface area contributed by atoms with Gasteiger partial charge in [-0.3, -0.25) is 0 Å². The van der Waals surface area contributed by atoms with E-state index in [0.29, 0.717) is 17.0 Å². The summed E-state index contributed by atoms with van der Waals surface area (Å²) in [6, 6.07) is 16.6. The molecule has 24 heavy (non-hydrogen) atoms. The quantitative estimate of drug-likeness (QED) is 0.396. The van der Waals surface area contributed by atoms with Crippen molar-refractivity contribution in [3.63, 3.8) is 0 Å². The highest BCUT2D eigenvalue weighted by Crippen LogP contribution is 2.41. The predicted octanol–water partition coefficient (Wildman–Crippen LogP) is 4.74. The Labute approximate surface area is 143 Å². The molecule has 0 spiro atoms. The van der Waals surface area contributed by atoms with E-state index >= 15 is 0 Å². The van der Waals surface area contributed by atoms with Gasteiger partial charge in [0.05, 0.1) is 0 Å². The van der Waals surface area contributed by atoms with E-state index in [0.717, 1.165) is 21.9 Å². The summed E-state index contributed by atoms with van der Waals surface area (Å²) in [5.74, 6) is -0.197. The van der Waals surface area contributed by atoms with E-state index in [2.05, 4.69) is 0 Å². The molecule has 3 nitrogen and oxygen atoms in total. The summed E-state index contributed by atoms with van der Waals surface area (Å²) in [5, 5.41) is 12.7. The van der Waals surface area contributed by atoms with Gasteiger partial charge in [0, 0.05) is 22.6 Å². The third kappa shape index (κ3) is 2.53. The third-order valence-electron chi connectivity index (χ3n) is 4.12. The number of fused-ring (bicyclic) bond motifs is 3. The van der Waals surface area contributed by atoms with Crippen LogP contribution in [0.4, 0.5) is 0 Å². The minimum atomic E-state index is -0.442. The molecule has 0 radical (unpaired) electrons. The van der Waals surface area contributed by atoms with Crippen LogP contribution < -0.4 is 4.74 Å². The number of phenolic OH excluding ortho intramolecular Hbond substituents is 1. The van der Waals surface area contributed by atoms with Crippen molar-refractivity contribution in [2.75, 3.05) is 0 Å². The topological polar surface area (TPSA) is 46.5 Å². The number of carbonyl (C=O) groups is 1. The Morgan fingerprint density at radius 1 is 1.08 bits per heavy atom. The van der Waals surface area contributed by atoms with Gasteiger partial charge in [-0.2, -0.15) is 0 Å². The van der Waals surface area contributed by atoms with Crippen molar-refractivity contribution in [3.05, 3.63) is 76.3 Å². The van der Waals surface area contributed by atoms with Crippen molar-refractivity contribution in [3.8, 4) is 11.5 Å². The predicted molar refractivity (Wildman–Crippen MR) is 94.4 cm³/mol. The summed E-state index contributed by atoms with van der Waals surface area (Å²) in [6.45, 7) is 0. The standard InChI is InChI=1S/C20H13ClO3/c21-15-7-5-12(6-8-15)9-14-10-17-16-4-2-1-3-13(16)11-18(22)19(17)24-20(14)23/h1-9,11,22H,10H2/b14-9-. The maximum atomic E-state index is 12.3. The van der Waals surface area contributed by atoms with Crippen molar-refractivity contribution in [1.82, 2.24) is 0 Å². The van der Waals surface area contributed by atoms with Crippen molar-refractivity contribution in [2.24, 2.45) is 0 Å². The highest BCUT2D eigenvalue weighted by atomic mass is 35.5. The molecule has 0 bridgehead atoms. The van der Waals surface area contributed by atoms with E-state index in [1.165, 1.54) is 0 Å². The van der Waals surface area contributed by atoms with Gasteiger partial charge in [-0.15, -0.1) is 0 Å². The summed E-state index contributed by atoms with van der Waals surface area (Å²) in [6.07, 6.45) is 2.20. The SMILES string of the molecule is O=C1Oc2c(O)cc3ccccc3c2C/C1=C/c1ccc(Cl)cc1. The van der Waals surface area contributed by atoms with Crippen LogP contribution in [0.5, 0.6) is 11.5 Å². The van der Waals surface area contributed by atoms with Crippen molar-refractivity contribution in [2.45, 2.75) is 6.42 Å². The minimum absolute atomic E-state index is 0.0115. The molecule has 1 N–H and O–H groups in total. The van der Waals surface area contributed by atoms with E-state index < -0.39 is 5.97 Å². The average Bonchev–Trinajstić information content (AvgIpc) is 2.58. The molecule has 0 aromatic heterocycles. The molecule has 4 rings (SSSR count). The summed E-state index contributed by atoms with van der Waals surface area (Å²) >= 11 is 5.89. The highest BCUT2D eigenvalue weighted by Gasteiger charge is 2.27. The number of halogens is 1. The third-order valence-corrected chi connectivity index (χ3v) is 4.37. The minimum Gasteiger partial charge on any atom is -0.504 e. The van der Waals surface area contributed by atoms with E-state index in [4.69, 9.17) is 16.3 Å². The Hall–Kier alpha value is -2.78.